The van der Waals surface area contributed by atoms with E-state index in [0.717, 1.165) is 0 Å². The highest BCUT2D eigenvalue weighted by Crippen LogP contribution is 2.21. The van der Waals surface area contributed by atoms with Crippen LogP contribution in [0, 0.1) is 0 Å². The molecule has 0 aliphatic carbocycles. The number of aliphatic hydroxyl groups is 1. The molecule has 1 aromatic rings. The van der Waals surface area contributed by atoms with Gasteiger partial charge in [0.25, 0.3) is 0 Å². The first-order valence-electron chi connectivity index (χ1n) is 6.34. The Morgan fingerprint density at radius 3 is 2.85 bits per heavy atom. The number of amides is 1. The number of esters is 1. The molecule has 1 aliphatic rings. The number of rotatable bonds is 3. The average molecular weight is 279 g/mol. The zero-order valence-electron chi connectivity index (χ0n) is 11.2. The van der Waals surface area contributed by atoms with Gasteiger partial charge in [-0.1, -0.05) is 12.1 Å². The Labute approximate surface area is 116 Å². The lowest BCUT2D eigenvalue weighted by molar-refractivity contribution is -0.150. The molecule has 0 bridgehead atoms. The van der Waals surface area contributed by atoms with Crippen LogP contribution in [0.2, 0.25) is 0 Å². The predicted octanol–water partition coefficient (Wildman–Crippen LogP) is 0.0695. The molecule has 0 spiro atoms. The summed E-state index contributed by atoms with van der Waals surface area (Å²) in [5.41, 5.74) is 0.653. The topological polar surface area (TPSA) is 87.1 Å². The standard InChI is InChI=1S/C14H17NO5/c1-20-14(19)12-7-11(17)8-15(12)13(18)6-9-3-2-4-10(16)5-9/h2-5,11-12,16-17H,6-8H2,1H3. The molecule has 1 aromatic carbocycles. The quantitative estimate of drug-likeness (QED) is 0.765. The normalized spacial score (nSPS) is 21.8. The van der Waals surface area contributed by atoms with Crippen molar-refractivity contribution in [2.45, 2.75) is 25.0 Å². The van der Waals surface area contributed by atoms with Crippen LogP contribution in [-0.4, -0.2) is 52.8 Å². The Bertz CT molecular complexity index is 516. The van der Waals surface area contributed by atoms with Gasteiger partial charge in [-0.3, -0.25) is 4.79 Å². The molecule has 20 heavy (non-hydrogen) atoms. The predicted molar refractivity (Wildman–Crippen MR) is 70.0 cm³/mol. The Hall–Kier alpha value is -2.08. The summed E-state index contributed by atoms with van der Waals surface area (Å²) >= 11 is 0. The number of carbonyl (C=O) groups is 2. The third-order valence-corrected chi connectivity index (χ3v) is 3.34. The number of benzene rings is 1. The molecule has 2 atom stereocenters. The summed E-state index contributed by atoms with van der Waals surface area (Å²) < 4.78 is 4.65. The Morgan fingerprint density at radius 1 is 1.45 bits per heavy atom. The first kappa shape index (κ1) is 14.3. The molecule has 2 unspecified atom stereocenters. The van der Waals surface area contributed by atoms with Gasteiger partial charge in [-0.25, -0.2) is 4.79 Å². The van der Waals surface area contributed by atoms with E-state index >= 15 is 0 Å². The largest absolute Gasteiger partial charge is 0.508 e. The first-order valence-corrected chi connectivity index (χ1v) is 6.34. The van der Waals surface area contributed by atoms with E-state index in [9.17, 15) is 19.8 Å². The molecule has 108 valence electrons. The molecule has 0 radical (unpaired) electrons. The van der Waals surface area contributed by atoms with Gasteiger partial charge in [0.2, 0.25) is 5.91 Å². The van der Waals surface area contributed by atoms with E-state index in [0.29, 0.717) is 5.56 Å². The second-order valence-electron chi connectivity index (χ2n) is 4.82. The number of hydrogen-bond donors (Lipinski definition) is 2. The lowest BCUT2D eigenvalue weighted by atomic mass is 10.1. The zero-order chi connectivity index (χ0) is 14.7. The Kier molecular flexibility index (Phi) is 4.24. The van der Waals surface area contributed by atoms with Crippen LogP contribution in [-0.2, 0) is 20.7 Å². The Balaban J connectivity index is 2.09. The number of methoxy groups -OCH3 is 1. The van der Waals surface area contributed by atoms with Crippen LogP contribution in [0.1, 0.15) is 12.0 Å². The van der Waals surface area contributed by atoms with E-state index in [2.05, 4.69) is 4.74 Å². The summed E-state index contributed by atoms with van der Waals surface area (Å²) in [5, 5.41) is 19.0. The molecule has 1 fully saturated rings. The number of aliphatic hydroxyl groups excluding tert-OH is 1. The van der Waals surface area contributed by atoms with Gasteiger partial charge in [-0.2, -0.15) is 0 Å². The molecule has 1 heterocycles. The van der Waals surface area contributed by atoms with E-state index in [1.165, 1.54) is 24.1 Å². The highest BCUT2D eigenvalue weighted by Gasteiger charge is 2.39. The summed E-state index contributed by atoms with van der Waals surface area (Å²) in [6.07, 6.45) is -0.459. The maximum absolute atomic E-state index is 12.2. The van der Waals surface area contributed by atoms with Crippen LogP contribution in [0.25, 0.3) is 0 Å². The summed E-state index contributed by atoms with van der Waals surface area (Å²) in [5.74, 6) is -0.713. The number of nitrogens with zero attached hydrogens (tertiary/aromatic N) is 1. The first-order chi connectivity index (χ1) is 9.51. The molecular weight excluding hydrogens is 262 g/mol. The van der Waals surface area contributed by atoms with Gasteiger partial charge in [-0.05, 0) is 17.7 Å². The third kappa shape index (κ3) is 3.08. The molecule has 6 heteroatoms. The van der Waals surface area contributed by atoms with Crippen molar-refractivity contribution in [2.24, 2.45) is 0 Å². The van der Waals surface area contributed by atoms with Gasteiger partial charge in [0.15, 0.2) is 0 Å². The second-order valence-corrected chi connectivity index (χ2v) is 4.82. The van der Waals surface area contributed by atoms with Gasteiger partial charge >= 0.3 is 5.97 Å². The highest BCUT2D eigenvalue weighted by molar-refractivity contribution is 5.86. The smallest absolute Gasteiger partial charge is 0.328 e. The van der Waals surface area contributed by atoms with Crippen LogP contribution < -0.4 is 0 Å². The average Bonchev–Trinajstić information content (AvgIpc) is 2.80. The minimum absolute atomic E-state index is 0.0641. The minimum atomic E-state index is -0.736. The molecule has 2 rings (SSSR count). The number of phenols is 1. The molecule has 2 N–H and O–H groups in total. The van der Waals surface area contributed by atoms with Crippen molar-refractivity contribution >= 4 is 11.9 Å². The lowest BCUT2D eigenvalue weighted by Gasteiger charge is -2.22. The lowest BCUT2D eigenvalue weighted by Crippen LogP contribution is -2.42. The van der Waals surface area contributed by atoms with E-state index in [4.69, 9.17) is 0 Å². The third-order valence-electron chi connectivity index (χ3n) is 3.34. The molecule has 1 saturated heterocycles. The van der Waals surface area contributed by atoms with E-state index in [-0.39, 0.29) is 31.0 Å². The second kappa shape index (κ2) is 5.92. The van der Waals surface area contributed by atoms with Crippen molar-refractivity contribution < 1.29 is 24.5 Å². The highest BCUT2D eigenvalue weighted by atomic mass is 16.5. The molecule has 1 amide bonds. The minimum Gasteiger partial charge on any atom is -0.508 e. The molecule has 0 saturated carbocycles. The van der Waals surface area contributed by atoms with Crippen molar-refractivity contribution in [3.05, 3.63) is 29.8 Å². The summed E-state index contributed by atoms with van der Waals surface area (Å²) in [6.45, 7) is 0.122. The maximum Gasteiger partial charge on any atom is 0.328 e. The van der Waals surface area contributed by atoms with E-state index < -0.39 is 18.1 Å². The summed E-state index contributed by atoms with van der Waals surface area (Å²) in [7, 11) is 1.25. The fraction of sp³-hybridized carbons (Fsp3) is 0.429. The van der Waals surface area contributed by atoms with Gasteiger partial charge in [-0.15, -0.1) is 0 Å². The molecular formula is C14H17NO5. The number of ether oxygens (including phenoxy) is 1. The number of phenolic OH excluding ortho intramolecular Hbond substituents is 1. The zero-order valence-corrected chi connectivity index (χ0v) is 11.2. The summed E-state index contributed by atoms with van der Waals surface area (Å²) in [4.78, 5) is 25.2. The van der Waals surface area contributed by atoms with Crippen LogP contribution in [0.4, 0.5) is 0 Å². The number of aromatic hydroxyl groups is 1. The van der Waals surface area contributed by atoms with Crippen molar-refractivity contribution in [3.8, 4) is 5.75 Å². The fourth-order valence-corrected chi connectivity index (χ4v) is 2.39. The Morgan fingerprint density at radius 2 is 2.20 bits per heavy atom. The van der Waals surface area contributed by atoms with Crippen molar-refractivity contribution in [1.82, 2.24) is 4.90 Å². The number of β-amino-alcohol motifs (C(OH)–C–C–N with tert-alkyl or cyclic N) is 1. The van der Waals surface area contributed by atoms with Crippen molar-refractivity contribution in [1.29, 1.82) is 0 Å². The van der Waals surface area contributed by atoms with Crippen LogP contribution in [0.5, 0.6) is 5.75 Å². The van der Waals surface area contributed by atoms with Crippen LogP contribution >= 0.6 is 0 Å². The SMILES string of the molecule is COC(=O)C1CC(O)CN1C(=O)Cc1cccc(O)c1. The molecule has 6 nitrogen and oxygen atoms in total. The van der Waals surface area contributed by atoms with Crippen molar-refractivity contribution in [2.75, 3.05) is 13.7 Å². The van der Waals surface area contributed by atoms with Gasteiger partial charge < -0.3 is 19.8 Å². The van der Waals surface area contributed by atoms with Crippen molar-refractivity contribution in [3.63, 3.8) is 0 Å². The van der Waals surface area contributed by atoms with Gasteiger partial charge in [0, 0.05) is 13.0 Å². The summed E-state index contributed by atoms with van der Waals surface area (Å²) in [6, 6.07) is 5.65. The molecule has 0 aromatic heterocycles. The van der Waals surface area contributed by atoms with Gasteiger partial charge in [0.1, 0.15) is 11.8 Å². The number of carbonyl (C=O) groups excluding carboxylic acids is 2. The number of hydrogen-bond acceptors (Lipinski definition) is 5. The molecule has 1 aliphatic heterocycles. The number of likely N-dealkylation sites (tertiary alicyclic amines) is 1. The van der Waals surface area contributed by atoms with Crippen LogP contribution in [0.3, 0.4) is 0 Å². The van der Waals surface area contributed by atoms with Crippen LogP contribution in [0.15, 0.2) is 24.3 Å². The maximum atomic E-state index is 12.2. The monoisotopic (exact) mass is 279 g/mol. The fourth-order valence-electron chi connectivity index (χ4n) is 2.39. The van der Waals surface area contributed by atoms with E-state index in [1.54, 1.807) is 12.1 Å². The van der Waals surface area contributed by atoms with Gasteiger partial charge in [0.05, 0.1) is 19.6 Å². The van der Waals surface area contributed by atoms with E-state index in [1.807, 2.05) is 0 Å².